The Labute approximate surface area is 91.4 Å². The van der Waals surface area contributed by atoms with Gasteiger partial charge in [-0.05, 0) is 11.8 Å². The first kappa shape index (κ1) is 10.7. The number of hydrogen-bond acceptors (Lipinski definition) is 2. The second-order valence-corrected chi connectivity index (χ2v) is 5.65. The lowest BCUT2D eigenvalue weighted by Crippen LogP contribution is -2.51. The van der Waals surface area contributed by atoms with Crippen LogP contribution in [-0.4, -0.2) is 16.2 Å². The number of rotatable bonds is 1. The summed E-state index contributed by atoms with van der Waals surface area (Å²) in [6, 6.07) is 0.215. The predicted molar refractivity (Wildman–Crippen MR) is 61.7 cm³/mol. The SMILES string of the molecule is CC[C@]1(C(C)(C)C)c2cn[nH]c2CC1N. The Morgan fingerprint density at radius 3 is 2.80 bits per heavy atom. The highest BCUT2D eigenvalue weighted by Crippen LogP contribution is 2.51. The van der Waals surface area contributed by atoms with Crippen LogP contribution in [0.5, 0.6) is 0 Å². The molecule has 1 aliphatic rings. The van der Waals surface area contributed by atoms with E-state index < -0.39 is 0 Å². The van der Waals surface area contributed by atoms with Gasteiger partial charge in [-0.15, -0.1) is 0 Å². The Balaban J connectivity index is 2.59. The van der Waals surface area contributed by atoms with Crippen LogP contribution in [0.4, 0.5) is 0 Å². The summed E-state index contributed by atoms with van der Waals surface area (Å²) in [5.74, 6) is 0. The smallest absolute Gasteiger partial charge is 0.0528 e. The molecule has 0 bridgehead atoms. The van der Waals surface area contributed by atoms with Crippen molar-refractivity contribution in [3.8, 4) is 0 Å². The van der Waals surface area contributed by atoms with Gasteiger partial charge in [0.2, 0.25) is 0 Å². The zero-order valence-electron chi connectivity index (χ0n) is 10.1. The van der Waals surface area contributed by atoms with Crippen LogP contribution < -0.4 is 5.73 Å². The van der Waals surface area contributed by atoms with Crippen molar-refractivity contribution in [2.45, 2.75) is 52.0 Å². The minimum atomic E-state index is 0.0787. The number of aromatic nitrogens is 2. The fourth-order valence-corrected chi connectivity index (χ4v) is 3.39. The number of aromatic amines is 1. The maximum Gasteiger partial charge on any atom is 0.0528 e. The summed E-state index contributed by atoms with van der Waals surface area (Å²) in [5, 5.41) is 7.23. The standard InChI is InChI=1S/C12H21N3/c1-5-12(11(2,3)4)8-7-14-15-9(8)6-10(12)13/h7,10H,5-6,13H2,1-4H3,(H,14,15)/t10?,12-/m0/s1. The van der Waals surface area contributed by atoms with E-state index >= 15 is 0 Å². The van der Waals surface area contributed by atoms with Crippen molar-refractivity contribution in [1.82, 2.24) is 10.2 Å². The Bertz CT molecular complexity index is 361. The first-order chi connectivity index (χ1) is 6.93. The zero-order chi connectivity index (χ0) is 11.3. The monoisotopic (exact) mass is 207 g/mol. The highest BCUT2D eigenvalue weighted by molar-refractivity contribution is 5.39. The van der Waals surface area contributed by atoms with Crippen LogP contribution in [0, 0.1) is 5.41 Å². The molecule has 3 heteroatoms. The minimum absolute atomic E-state index is 0.0787. The molecular weight excluding hydrogens is 186 g/mol. The van der Waals surface area contributed by atoms with E-state index in [0.717, 1.165) is 12.8 Å². The van der Waals surface area contributed by atoms with Crippen LogP contribution in [0.25, 0.3) is 0 Å². The van der Waals surface area contributed by atoms with E-state index in [1.807, 2.05) is 6.20 Å². The van der Waals surface area contributed by atoms with E-state index in [4.69, 9.17) is 5.73 Å². The molecule has 0 saturated carbocycles. The maximum atomic E-state index is 6.36. The lowest BCUT2D eigenvalue weighted by molar-refractivity contribution is 0.151. The van der Waals surface area contributed by atoms with Gasteiger partial charge in [0.1, 0.15) is 0 Å². The summed E-state index contributed by atoms with van der Waals surface area (Å²) in [7, 11) is 0. The van der Waals surface area contributed by atoms with E-state index in [9.17, 15) is 0 Å². The number of nitrogens with one attached hydrogen (secondary N) is 1. The van der Waals surface area contributed by atoms with E-state index in [2.05, 4.69) is 37.9 Å². The van der Waals surface area contributed by atoms with Crippen LogP contribution in [0.1, 0.15) is 45.4 Å². The quantitative estimate of drug-likeness (QED) is 0.740. The Morgan fingerprint density at radius 1 is 1.60 bits per heavy atom. The zero-order valence-corrected chi connectivity index (χ0v) is 10.1. The number of nitrogens with two attached hydrogens (primary N) is 1. The Morgan fingerprint density at radius 2 is 2.27 bits per heavy atom. The maximum absolute atomic E-state index is 6.36. The van der Waals surface area contributed by atoms with Crippen molar-refractivity contribution in [3.05, 3.63) is 17.5 Å². The third-order valence-electron chi connectivity index (χ3n) is 4.15. The fraction of sp³-hybridized carbons (Fsp3) is 0.750. The van der Waals surface area contributed by atoms with Gasteiger partial charge in [-0.3, -0.25) is 5.10 Å². The van der Waals surface area contributed by atoms with Gasteiger partial charge in [-0.1, -0.05) is 27.7 Å². The molecule has 2 atom stereocenters. The molecule has 1 aliphatic carbocycles. The van der Waals surface area contributed by atoms with Crippen molar-refractivity contribution < 1.29 is 0 Å². The van der Waals surface area contributed by atoms with Gasteiger partial charge in [-0.25, -0.2) is 0 Å². The molecule has 1 aromatic heterocycles. The van der Waals surface area contributed by atoms with E-state index in [-0.39, 0.29) is 16.9 Å². The minimum Gasteiger partial charge on any atom is -0.327 e. The van der Waals surface area contributed by atoms with Gasteiger partial charge in [0.15, 0.2) is 0 Å². The third kappa shape index (κ3) is 1.19. The first-order valence-electron chi connectivity index (χ1n) is 5.71. The molecule has 15 heavy (non-hydrogen) atoms. The summed E-state index contributed by atoms with van der Waals surface area (Å²) >= 11 is 0. The molecular formula is C12H21N3. The van der Waals surface area contributed by atoms with Crippen LogP contribution in [0.2, 0.25) is 0 Å². The average molecular weight is 207 g/mol. The molecule has 3 N–H and O–H groups in total. The van der Waals surface area contributed by atoms with E-state index in [0.29, 0.717) is 0 Å². The largest absolute Gasteiger partial charge is 0.327 e. The van der Waals surface area contributed by atoms with E-state index in [1.54, 1.807) is 0 Å². The Hall–Kier alpha value is -0.830. The molecule has 2 rings (SSSR count). The summed E-state index contributed by atoms with van der Waals surface area (Å²) in [4.78, 5) is 0. The van der Waals surface area contributed by atoms with Gasteiger partial charge in [0.05, 0.1) is 6.20 Å². The van der Waals surface area contributed by atoms with Gasteiger partial charge >= 0.3 is 0 Å². The first-order valence-corrected chi connectivity index (χ1v) is 5.71. The van der Waals surface area contributed by atoms with Crippen molar-refractivity contribution in [1.29, 1.82) is 0 Å². The molecule has 0 spiro atoms. The normalized spacial score (nSPS) is 30.6. The predicted octanol–water partition coefficient (Wildman–Crippen LogP) is 1.99. The summed E-state index contributed by atoms with van der Waals surface area (Å²) < 4.78 is 0. The number of fused-ring (bicyclic) bond motifs is 1. The molecule has 0 aromatic carbocycles. The molecule has 3 nitrogen and oxygen atoms in total. The third-order valence-corrected chi connectivity index (χ3v) is 4.15. The average Bonchev–Trinajstić information content (AvgIpc) is 2.60. The lowest BCUT2D eigenvalue weighted by Gasteiger charge is -2.45. The van der Waals surface area contributed by atoms with Crippen LogP contribution >= 0.6 is 0 Å². The lowest BCUT2D eigenvalue weighted by atomic mass is 9.60. The van der Waals surface area contributed by atoms with Gasteiger partial charge in [0, 0.05) is 29.1 Å². The van der Waals surface area contributed by atoms with Crippen molar-refractivity contribution in [2.24, 2.45) is 11.1 Å². The number of H-pyrrole nitrogens is 1. The number of hydrogen-bond donors (Lipinski definition) is 2. The summed E-state index contributed by atoms with van der Waals surface area (Å²) in [6.45, 7) is 9.06. The topological polar surface area (TPSA) is 54.7 Å². The van der Waals surface area contributed by atoms with Crippen LogP contribution in [0.3, 0.4) is 0 Å². The van der Waals surface area contributed by atoms with Gasteiger partial charge in [-0.2, -0.15) is 5.10 Å². The van der Waals surface area contributed by atoms with Crippen molar-refractivity contribution in [3.63, 3.8) is 0 Å². The molecule has 0 saturated heterocycles. The Kier molecular flexibility index (Phi) is 2.19. The highest BCUT2D eigenvalue weighted by Gasteiger charge is 2.52. The number of nitrogens with zero attached hydrogens (tertiary/aromatic N) is 1. The van der Waals surface area contributed by atoms with E-state index in [1.165, 1.54) is 11.3 Å². The molecule has 0 radical (unpaired) electrons. The second-order valence-electron chi connectivity index (χ2n) is 5.65. The fourth-order valence-electron chi connectivity index (χ4n) is 3.39. The molecule has 0 amide bonds. The second kappa shape index (κ2) is 3.08. The molecule has 0 fully saturated rings. The van der Waals surface area contributed by atoms with Gasteiger partial charge < -0.3 is 5.73 Å². The molecule has 1 aromatic rings. The van der Waals surface area contributed by atoms with Crippen molar-refractivity contribution >= 4 is 0 Å². The molecule has 84 valence electrons. The molecule has 0 aliphatic heterocycles. The summed E-state index contributed by atoms with van der Waals surface area (Å²) in [6.07, 6.45) is 3.97. The van der Waals surface area contributed by atoms with Gasteiger partial charge in [0.25, 0.3) is 0 Å². The highest BCUT2D eigenvalue weighted by atomic mass is 15.1. The summed E-state index contributed by atoms with van der Waals surface area (Å²) in [5.41, 5.74) is 9.19. The molecule has 1 heterocycles. The molecule has 1 unspecified atom stereocenters. The van der Waals surface area contributed by atoms with Crippen molar-refractivity contribution in [2.75, 3.05) is 0 Å². The van der Waals surface area contributed by atoms with Crippen LogP contribution in [-0.2, 0) is 11.8 Å². The van der Waals surface area contributed by atoms with Crippen LogP contribution in [0.15, 0.2) is 6.20 Å².